The van der Waals surface area contributed by atoms with Gasteiger partial charge in [0.2, 0.25) is 5.89 Å². The quantitative estimate of drug-likeness (QED) is 0.857. The maximum absolute atomic E-state index is 5.86. The van der Waals surface area contributed by atoms with Gasteiger partial charge in [-0.05, 0) is 31.9 Å². The highest BCUT2D eigenvalue weighted by atomic mass is 32.2. The molecular formula is C10H17N3OS. The van der Waals surface area contributed by atoms with E-state index in [1.165, 1.54) is 12.2 Å². The van der Waals surface area contributed by atoms with Gasteiger partial charge in [0.15, 0.2) is 5.82 Å². The van der Waals surface area contributed by atoms with E-state index in [4.69, 9.17) is 10.3 Å². The van der Waals surface area contributed by atoms with Crippen molar-refractivity contribution in [3.8, 4) is 0 Å². The average molecular weight is 227 g/mol. The zero-order valence-corrected chi connectivity index (χ0v) is 10.0. The van der Waals surface area contributed by atoms with Crippen molar-refractivity contribution in [1.29, 1.82) is 0 Å². The van der Waals surface area contributed by atoms with Gasteiger partial charge in [0.25, 0.3) is 0 Å². The molecule has 2 rings (SSSR count). The van der Waals surface area contributed by atoms with Gasteiger partial charge in [-0.1, -0.05) is 12.1 Å². The summed E-state index contributed by atoms with van der Waals surface area (Å²) < 4.78 is 5.33. The summed E-state index contributed by atoms with van der Waals surface area (Å²) in [5.74, 6) is 2.55. The average Bonchev–Trinajstić information content (AvgIpc) is 2.85. The fourth-order valence-electron chi connectivity index (χ4n) is 1.73. The van der Waals surface area contributed by atoms with Crippen molar-refractivity contribution in [2.45, 2.75) is 43.9 Å². The van der Waals surface area contributed by atoms with Gasteiger partial charge in [-0.15, -0.1) is 11.8 Å². The van der Waals surface area contributed by atoms with E-state index in [1.54, 1.807) is 0 Å². The first-order valence-electron chi connectivity index (χ1n) is 5.39. The van der Waals surface area contributed by atoms with Crippen LogP contribution in [0, 0.1) is 0 Å². The van der Waals surface area contributed by atoms with Gasteiger partial charge >= 0.3 is 0 Å². The van der Waals surface area contributed by atoms with Crippen LogP contribution < -0.4 is 5.73 Å². The zero-order chi connectivity index (χ0) is 10.9. The Balaban J connectivity index is 2.19. The van der Waals surface area contributed by atoms with Crippen molar-refractivity contribution in [2.75, 3.05) is 5.75 Å². The van der Waals surface area contributed by atoms with Gasteiger partial charge in [0.05, 0.1) is 10.8 Å². The molecule has 1 aliphatic rings. The molecule has 0 amide bonds. The normalized spacial score (nSPS) is 28.2. The first kappa shape index (κ1) is 11.0. The van der Waals surface area contributed by atoms with Gasteiger partial charge < -0.3 is 10.3 Å². The predicted molar refractivity (Wildman–Crippen MR) is 60.6 cm³/mol. The monoisotopic (exact) mass is 227 g/mol. The Morgan fingerprint density at radius 2 is 2.47 bits per heavy atom. The number of hydrogen-bond acceptors (Lipinski definition) is 5. The standard InChI is InChI=1S/C10H17N3OS/c1-3-7(11)8-12-9(14-13-8)10(2)5-4-6-15-10/h7H,3-6,11H2,1-2H3. The van der Waals surface area contributed by atoms with Crippen LogP contribution in [-0.2, 0) is 4.75 Å². The second-order valence-corrected chi connectivity index (χ2v) is 5.75. The fourth-order valence-corrected chi connectivity index (χ4v) is 2.96. The summed E-state index contributed by atoms with van der Waals surface area (Å²) in [5, 5.41) is 3.95. The van der Waals surface area contributed by atoms with Crippen molar-refractivity contribution in [2.24, 2.45) is 5.73 Å². The van der Waals surface area contributed by atoms with Crippen LogP contribution in [-0.4, -0.2) is 15.9 Å². The van der Waals surface area contributed by atoms with E-state index < -0.39 is 0 Å². The maximum atomic E-state index is 5.86. The van der Waals surface area contributed by atoms with Crippen LogP contribution in [0.2, 0.25) is 0 Å². The lowest BCUT2D eigenvalue weighted by atomic mass is 10.1. The molecule has 1 saturated heterocycles. The molecule has 1 aromatic rings. The minimum atomic E-state index is -0.0995. The molecule has 2 atom stereocenters. The van der Waals surface area contributed by atoms with Crippen molar-refractivity contribution >= 4 is 11.8 Å². The SMILES string of the molecule is CCC(N)c1noc(C2(C)CCCS2)n1. The Kier molecular flexibility index (Phi) is 3.02. The highest BCUT2D eigenvalue weighted by molar-refractivity contribution is 8.00. The lowest BCUT2D eigenvalue weighted by molar-refractivity contribution is 0.338. The van der Waals surface area contributed by atoms with Crippen molar-refractivity contribution < 1.29 is 4.52 Å². The Hall–Kier alpha value is -0.550. The predicted octanol–water partition coefficient (Wildman–Crippen LogP) is 2.22. The number of rotatable bonds is 3. The summed E-state index contributed by atoms with van der Waals surface area (Å²) >= 11 is 1.89. The molecule has 2 N–H and O–H groups in total. The molecule has 0 bridgehead atoms. The Morgan fingerprint density at radius 3 is 3.07 bits per heavy atom. The molecule has 2 heterocycles. The minimum absolute atomic E-state index is 0.0126. The van der Waals surface area contributed by atoms with E-state index in [-0.39, 0.29) is 10.8 Å². The molecule has 0 aliphatic carbocycles. The molecule has 0 aromatic carbocycles. The third kappa shape index (κ3) is 2.03. The van der Waals surface area contributed by atoms with E-state index in [2.05, 4.69) is 17.1 Å². The van der Waals surface area contributed by atoms with Crippen LogP contribution in [0.1, 0.15) is 50.9 Å². The summed E-state index contributed by atoms with van der Waals surface area (Å²) in [7, 11) is 0. The summed E-state index contributed by atoms with van der Waals surface area (Å²) in [6.07, 6.45) is 3.17. The fraction of sp³-hybridized carbons (Fsp3) is 0.800. The summed E-state index contributed by atoms with van der Waals surface area (Å²) in [5.41, 5.74) is 5.86. The summed E-state index contributed by atoms with van der Waals surface area (Å²) in [6, 6.07) is -0.0995. The highest BCUT2D eigenvalue weighted by Gasteiger charge is 2.37. The lowest BCUT2D eigenvalue weighted by Gasteiger charge is -2.16. The molecule has 1 aliphatic heterocycles. The maximum Gasteiger partial charge on any atom is 0.242 e. The first-order chi connectivity index (χ1) is 7.15. The summed E-state index contributed by atoms with van der Waals surface area (Å²) in [6.45, 7) is 4.19. The van der Waals surface area contributed by atoms with Crippen molar-refractivity contribution in [3.05, 3.63) is 11.7 Å². The molecule has 1 aromatic heterocycles. The lowest BCUT2D eigenvalue weighted by Crippen LogP contribution is -2.15. The van der Waals surface area contributed by atoms with Crippen LogP contribution >= 0.6 is 11.8 Å². The number of thioether (sulfide) groups is 1. The molecule has 84 valence electrons. The number of nitrogens with zero attached hydrogens (tertiary/aromatic N) is 2. The molecule has 4 nitrogen and oxygen atoms in total. The third-order valence-electron chi connectivity index (χ3n) is 2.88. The van der Waals surface area contributed by atoms with Gasteiger partial charge in [-0.3, -0.25) is 0 Å². The van der Waals surface area contributed by atoms with Crippen molar-refractivity contribution in [3.63, 3.8) is 0 Å². The minimum Gasteiger partial charge on any atom is -0.338 e. The second-order valence-electron chi connectivity index (χ2n) is 4.16. The van der Waals surface area contributed by atoms with E-state index >= 15 is 0 Å². The molecular weight excluding hydrogens is 210 g/mol. The highest BCUT2D eigenvalue weighted by Crippen LogP contribution is 2.45. The van der Waals surface area contributed by atoms with E-state index in [0.29, 0.717) is 5.82 Å². The van der Waals surface area contributed by atoms with Gasteiger partial charge in [-0.2, -0.15) is 4.98 Å². The van der Waals surface area contributed by atoms with Gasteiger partial charge in [0, 0.05) is 0 Å². The molecule has 0 saturated carbocycles. The van der Waals surface area contributed by atoms with E-state index in [0.717, 1.165) is 18.7 Å². The first-order valence-corrected chi connectivity index (χ1v) is 6.38. The topological polar surface area (TPSA) is 64.9 Å². The smallest absolute Gasteiger partial charge is 0.242 e. The Labute approximate surface area is 94.0 Å². The Morgan fingerprint density at radius 1 is 1.67 bits per heavy atom. The van der Waals surface area contributed by atoms with Crippen LogP contribution in [0.4, 0.5) is 0 Å². The van der Waals surface area contributed by atoms with Crippen LogP contribution in [0.25, 0.3) is 0 Å². The number of nitrogens with two attached hydrogens (primary N) is 1. The number of hydrogen-bond donors (Lipinski definition) is 1. The van der Waals surface area contributed by atoms with Gasteiger partial charge in [0.1, 0.15) is 0 Å². The van der Waals surface area contributed by atoms with Crippen LogP contribution in [0.5, 0.6) is 0 Å². The van der Waals surface area contributed by atoms with Gasteiger partial charge in [-0.25, -0.2) is 0 Å². The van der Waals surface area contributed by atoms with Crippen LogP contribution in [0.3, 0.4) is 0 Å². The zero-order valence-electron chi connectivity index (χ0n) is 9.19. The molecule has 0 radical (unpaired) electrons. The molecule has 15 heavy (non-hydrogen) atoms. The largest absolute Gasteiger partial charge is 0.338 e. The third-order valence-corrected chi connectivity index (χ3v) is 4.39. The molecule has 5 heteroatoms. The number of aromatic nitrogens is 2. The van der Waals surface area contributed by atoms with Crippen molar-refractivity contribution in [1.82, 2.24) is 10.1 Å². The molecule has 2 unspecified atom stereocenters. The molecule has 0 spiro atoms. The van der Waals surface area contributed by atoms with Crippen LogP contribution in [0.15, 0.2) is 4.52 Å². The molecule has 1 fully saturated rings. The summed E-state index contributed by atoms with van der Waals surface area (Å²) in [4.78, 5) is 4.41. The van der Waals surface area contributed by atoms with E-state index in [9.17, 15) is 0 Å². The van der Waals surface area contributed by atoms with E-state index in [1.807, 2.05) is 18.7 Å². The Bertz CT molecular complexity index is 333. The second kappa shape index (κ2) is 4.14.